The van der Waals surface area contributed by atoms with Crippen molar-refractivity contribution in [2.24, 2.45) is 11.8 Å². The number of rotatable bonds is 5. The molecule has 2 heterocycles. The molecule has 0 bridgehead atoms. The predicted molar refractivity (Wildman–Crippen MR) is 140 cm³/mol. The van der Waals surface area contributed by atoms with Gasteiger partial charge in [-0.05, 0) is 50.6 Å². The van der Waals surface area contributed by atoms with Crippen LogP contribution in [0.15, 0.2) is 36.4 Å². The van der Waals surface area contributed by atoms with Crippen molar-refractivity contribution in [1.29, 1.82) is 5.26 Å². The maximum absolute atomic E-state index is 15.4. The number of carbonyl (C=O) groups is 3. The summed E-state index contributed by atoms with van der Waals surface area (Å²) in [6.45, 7) is 7.58. The summed E-state index contributed by atoms with van der Waals surface area (Å²) in [6.07, 6.45) is -1.67. The molecule has 1 aliphatic carbocycles. The third-order valence-corrected chi connectivity index (χ3v) is 7.66. The first-order valence-electron chi connectivity index (χ1n) is 13.1. The summed E-state index contributed by atoms with van der Waals surface area (Å²) in [6, 6.07) is 10.8. The molecule has 3 amide bonds. The zero-order valence-corrected chi connectivity index (χ0v) is 22.7. The van der Waals surface area contributed by atoms with Gasteiger partial charge in [-0.25, -0.2) is 18.4 Å². The SMILES string of the molecule is CC(=O)NC[C@H]1CN(c2ccc(-c3ccc(C4(C#N)[C@@H]5CN(C(=O)OC(C)(C)C)C[C@@H]54)c(F)c3)c(F)c2)C(=O)O1. The van der Waals surface area contributed by atoms with Gasteiger partial charge in [0.2, 0.25) is 5.91 Å². The zero-order valence-electron chi connectivity index (χ0n) is 22.7. The molecule has 11 heteroatoms. The molecular formula is C29H30F2N4O5. The second kappa shape index (κ2) is 9.77. The van der Waals surface area contributed by atoms with E-state index in [2.05, 4.69) is 11.4 Å². The van der Waals surface area contributed by atoms with Crippen LogP contribution in [0.25, 0.3) is 11.1 Å². The van der Waals surface area contributed by atoms with Gasteiger partial charge in [-0.1, -0.05) is 12.1 Å². The number of carbonyl (C=O) groups excluding carboxylic acids is 3. The molecule has 1 saturated carbocycles. The first-order valence-corrected chi connectivity index (χ1v) is 13.1. The molecule has 2 aromatic rings. The lowest BCUT2D eigenvalue weighted by Gasteiger charge is -2.27. The molecule has 0 aromatic heterocycles. The smallest absolute Gasteiger partial charge is 0.414 e. The highest BCUT2D eigenvalue weighted by Gasteiger charge is 2.71. The van der Waals surface area contributed by atoms with Gasteiger partial charge in [0.1, 0.15) is 23.3 Å². The highest BCUT2D eigenvalue weighted by molar-refractivity contribution is 5.90. The van der Waals surface area contributed by atoms with Gasteiger partial charge in [-0.2, -0.15) is 5.26 Å². The Labute approximate surface area is 230 Å². The van der Waals surface area contributed by atoms with Crippen molar-refractivity contribution in [3.8, 4) is 17.2 Å². The number of ether oxygens (including phenoxy) is 2. The molecule has 2 saturated heterocycles. The van der Waals surface area contributed by atoms with Crippen LogP contribution in [0.4, 0.5) is 24.1 Å². The van der Waals surface area contributed by atoms with E-state index in [9.17, 15) is 19.6 Å². The average molecular weight is 553 g/mol. The molecule has 0 spiro atoms. The minimum Gasteiger partial charge on any atom is -0.444 e. The molecule has 0 radical (unpaired) electrons. The minimum atomic E-state index is -1.05. The van der Waals surface area contributed by atoms with Crippen LogP contribution in [-0.2, 0) is 19.7 Å². The van der Waals surface area contributed by atoms with E-state index in [-0.39, 0.29) is 53.2 Å². The van der Waals surface area contributed by atoms with Gasteiger partial charge in [0.15, 0.2) is 0 Å². The largest absolute Gasteiger partial charge is 0.444 e. The maximum atomic E-state index is 15.4. The molecule has 9 nitrogen and oxygen atoms in total. The number of nitriles is 1. The first kappa shape index (κ1) is 27.4. The molecule has 2 aromatic carbocycles. The van der Waals surface area contributed by atoms with E-state index in [4.69, 9.17) is 9.47 Å². The third-order valence-electron chi connectivity index (χ3n) is 7.66. The Morgan fingerprint density at radius 1 is 1.12 bits per heavy atom. The summed E-state index contributed by atoms with van der Waals surface area (Å²) in [5.74, 6) is -1.96. The van der Waals surface area contributed by atoms with E-state index in [1.165, 1.54) is 36.1 Å². The number of nitrogens with zero attached hydrogens (tertiary/aromatic N) is 3. The number of piperidine rings is 1. The van der Waals surface area contributed by atoms with Crippen LogP contribution in [0.2, 0.25) is 0 Å². The lowest BCUT2D eigenvalue weighted by Crippen LogP contribution is -2.39. The fourth-order valence-electron chi connectivity index (χ4n) is 5.75. The van der Waals surface area contributed by atoms with Crippen molar-refractivity contribution in [3.63, 3.8) is 0 Å². The van der Waals surface area contributed by atoms with Crippen molar-refractivity contribution in [1.82, 2.24) is 10.2 Å². The lowest BCUT2D eigenvalue weighted by atomic mass is 9.89. The second-order valence-corrected chi connectivity index (χ2v) is 11.5. The van der Waals surface area contributed by atoms with Gasteiger partial charge in [0.25, 0.3) is 0 Å². The number of nitrogens with one attached hydrogen (secondary N) is 1. The Hall–Kier alpha value is -4.20. The van der Waals surface area contributed by atoms with Crippen LogP contribution < -0.4 is 10.2 Å². The van der Waals surface area contributed by atoms with E-state index in [1.807, 2.05) is 0 Å². The van der Waals surface area contributed by atoms with Gasteiger partial charge in [0.05, 0.1) is 30.3 Å². The average Bonchev–Trinajstić information content (AvgIpc) is 3.16. The van der Waals surface area contributed by atoms with Crippen LogP contribution in [0.1, 0.15) is 33.3 Å². The van der Waals surface area contributed by atoms with Crippen molar-refractivity contribution < 1.29 is 32.6 Å². The van der Waals surface area contributed by atoms with Gasteiger partial charge in [-0.15, -0.1) is 0 Å². The molecule has 5 rings (SSSR count). The molecule has 40 heavy (non-hydrogen) atoms. The van der Waals surface area contributed by atoms with Gasteiger partial charge in [-0.3, -0.25) is 9.69 Å². The predicted octanol–water partition coefficient (Wildman–Crippen LogP) is 4.35. The quantitative estimate of drug-likeness (QED) is 0.590. The van der Waals surface area contributed by atoms with Crippen molar-refractivity contribution >= 4 is 23.8 Å². The number of hydrogen-bond acceptors (Lipinski definition) is 6. The molecule has 1 N–H and O–H groups in total. The molecule has 1 unspecified atom stereocenters. The number of anilines is 1. The van der Waals surface area contributed by atoms with E-state index in [0.717, 1.165) is 0 Å². The fourth-order valence-corrected chi connectivity index (χ4v) is 5.75. The third kappa shape index (κ3) is 4.83. The van der Waals surface area contributed by atoms with Crippen LogP contribution in [-0.4, -0.2) is 60.9 Å². The lowest BCUT2D eigenvalue weighted by molar-refractivity contribution is -0.119. The van der Waals surface area contributed by atoms with E-state index < -0.39 is 40.9 Å². The van der Waals surface area contributed by atoms with E-state index in [1.54, 1.807) is 37.8 Å². The molecule has 4 atom stereocenters. The molecule has 210 valence electrons. The summed E-state index contributed by atoms with van der Waals surface area (Å²) in [5, 5.41) is 12.6. The van der Waals surface area contributed by atoms with Gasteiger partial charge < -0.3 is 19.7 Å². The highest BCUT2D eigenvalue weighted by Crippen LogP contribution is 2.63. The van der Waals surface area contributed by atoms with Gasteiger partial charge >= 0.3 is 12.2 Å². The van der Waals surface area contributed by atoms with Crippen molar-refractivity contribution in [2.45, 2.75) is 44.8 Å². The number of cyclic esters (lactones) is 1. The topological polar surface area (TPSA) is 112 Å². The molecular weight excluding hydrogens is 522 g/mol. The Kier molecular flexibility index (Phi) is 6.68. The standard InChI is InChI=1S/C29H30F2N4O5/c1-16(36)33-11-19-12-35(27(38)39-19)18-6-7-20(24(30)10-18)17-5-8-21(25(31)9-17)29(15-32)22-13-34(14-23(22)29)26(37)40-28(2,3)4/h5-10,19,22-23H,11-14H2,1-4H3,(H,33,36)/t19-,22-,23+,29?/m0/s1. The van der Waals surface area contributed by atoms with Crippen molar-refractivity contribution in [3.05, 3.63) is 53.6 Å². The Balaban J connectivity index is 1.30. The maximum Gasteiger partial charge on any atom is 0.414 e. The second-order valence-electron chi connectivity index (χ2n) is 11.5. The number of fused-ring (bicyclic) bond motifs is 1. The molecule has 3 aliphatic rings. The first-order chi connectivity index (χ1) is 18.8. The zero-order chi connectivity index (χ0) is 29.0. The number of hydrogen-bond donors (Lipinski definition) is 1. The number of likely N-dealkylation sites (tertiary alicyclic amines) is 1. The van der Waals surface area contributed by atoms with Crippen molar-refractivity contribution in [2.75, 3.05) is 31.1 Å². The van der Waals surface area contributed by atoms with Crippen LogP contribution >= 0.6 is 0 Å². The van der Waals surface area contributed by atoms with E-state index in [0.29, 0.717) is 13.1 Å². The summed E-state index contributed by atoms with van der Waals surface area (Å²) in [4.78, 5) is 38.6. The fraction of sp³-hybridized carbons (Fsp3) is 0.448. The van der Waals surface area contributed by atoms with Crippen LogP contribution in [0.5, 0.6) is 0 Å². The minimum absolute atomic E-state index is 0.134. The Morgan fingerprint density at radius 3 is 2.40 bits per heavy atom. The highest BCUT2D eigenvalue weighted by atomic mass is 19.1. The van der Waals surface area contributed by atoms with Crippen LogP contribution in [0, 0.1) is 34.8 Å². The normalized spacial score (nSPS) is 25.2. The monoisotopic (exact) mass is 552 g/mol. The summed E-state index contributed by atoms with van der Waals surface area (Å²) < 4.78 is 41.3. The van der Waals surface area contributed by atoms with Crippen LogP contribution in [0.3, 0.4) is 0 Å². The molecule has 2 aliphatic heterocycles. The van der Waals surface area contributed by atoms with E-state index >= 15 is 8.78 Å². The summed E-state index contributed by atoms with van der Waals surface area (Å²) in [5.41, 5.74) is -0.758. The summed E-state index contributed by atoms with van der Waals surface area (Å²) in [7, 11) is 0. The number of halogens is 2. The Bertz CT molecular complexity index is 1420. The number of amides is 3. The number of benzene rings is 2. The van der Waals surface area contributed by atoms with Gasteiger partial charge in [0, 0.05) is 43.0 Å². The molecule has 3 fully saturated rings. The Morgan fingerprint density at radius 2 is 1.82 bits per heavy atom. The summed E-state index contributed by atoms with van der Waals surface area (Å²) >= 11 is 0.